The Labute approximate surface area is 187 Å². The molecule has 1 saturated heterocycles. The summed E-state index contributed by atoms with van der Waals surface area (Å²) in [5, 5.41) is 4.33. The van der Waals surface area contributed by atoms with Crippen molar-refractivity contribution in [3.63, 3.8) is 0 Å². The monoisotopic (exact) mass is 454 g/mol. The topological polar surface area (TPSA) is 64.2 Å². The number of amides is 1. The van der Waals surface area contributed by atoms with Crippen LogP contribution < -0.4 is 0 Å². The lowest BCUT2D eigenvalue weighted by atomic mass is 9.99. The number of nitrogens with zero attached hydrogens (tertiary/aromatic N) is 4. The predicted molar refractivity (Wildman–Crippen MR) is 116 cm³/mol. The van der Waals surface area contributed by atoms with E-state index in [0.717, 1.165) is 18.9 Å². The first-order valence-electron chi connectivity index (χ1n) is 10.7. The average Bonchev–Trinajstić information content (AvgIpc) is 3.48. The van der Waals surface area contributed by atoms with Gasteiger partial charge in [-0.3, -0.25) is 4.79 Å². The van der Waals surface area contributed by atoms with Crippen LogP contribution in [0.5, 0.6) is 0 Å². The van der Waals surface area contributed by atoms with Gasteiger partial charge >= 0.3 is 6.18 Å². The second-order valence-electron chi connectivity index (χ2n) is 8.20. The van der Waals surface area contributed by atoms with E-state index in [2.05, 4.69) is 14.7 Å². The standard InChI is InChI=1S/C24H21F3N4O2/c1-15-21-18(23(32)31-12-8-16(9-13-31)30-10-4-5-11-30)14-20(28-22(21)33-29-15)17-6-2-3-7-19(17)24(25,26)27/h2-7,10-11,14,16H,8-9,12-13H2,1H3. The van der Waals surface area contributed by atoms with E-state index < -0.39 is 11.7 Å². The Morgan fingerprint density at radius 3 is 2.48 bits per heavy atom. The van der Waals surface area contributed by atoms with Crippen LogP contribution in [0.1, 0.15) is 40.5 Å². The zero-order chi connectivity index (χ0) is 23.2. The second kappa shape index (κ2) is 8.06. The van der Waals surface area contributed by atoms with E-state index in [9.17, 15) is 18.0 Å². The maximum Gasteiger partial charge on any atom is 0.417 e. The van der Waals surface area contributed by atoms with Gasteiger partial charge in [0.05, 0.1) is 27.9 Å². The molecule has 0 aliphatic carbocycles. The van der Waals surface area contributed by atoms with Crippen LogP contribution in [0.15, 0.2) is 59.4 Å². The molecule has 170 valence electrons. The van der Waals surface area contributed by atoms with E-state index >= 15 is 0 Å². The Kier molecular flexibility index (Phi) is 5.19. The molecule has 0 saturated carbocycles. The summed E-state index contributed by atoms with van der Waals surface area (Å²) in [6.45, 7) is 2.78. The summed E-state index contributed by atoms with van der Waals surface area (Å²) >= 11 is 0. The van der Waals surface area contributed by atoms with Gasteiger partial charge in [0.15, 0.2) is 0 Å². The molecule has 33 heavy (non-hydrogen) atoms. The molecule has 3 aromatic heterocycles. The van der Waals surface area contributed by atoms with Crippen molar-refractivity contribution in [2.45, 2.75) is 32.0 Å². The van der Waals surface area contributed by atoms with Gasteiger partial charge in [0.2, 0.25) is 0 Å². The number of piperidine rings is 1. The Morgan fingerprint density at radius 1 is 1.09 bits per heavy atom. The normalized spacial score (nSPS) is 15.3. The molecular formula is C24H21F3N4O2. The van der Waals surface area contributed by atoms with Crippen molar-refractivity contribution < 1.29 is 22.5 Å². The molecule has 9 heteroatoms. The predicted octanol–water partition coefficient (Wildman–Crippen LogP) is 5.50. The van der Waals surface area contributed by atoms with Crippen LogP contribution in [0.25, 0.3) is 22.4 Å². The number of aromatic nitrogens is 3. The highest BCUT2D eigenvalue weighted by Gasteiger charge is 2.34. The summed E-state index contributed by atoms with van der Waals surface area (Å²) in [5.74, 6) is -0.259. The maximum atomic E-state index is 13.6. The van der Waals surface area contributed by atoms with Gasteiger partial charge in [-0.15, -0.1) is 0 Å². The first-order valence-corrected chi connectivity index (χ1v) is 10.7. The molecule has 1 fully saturated rings. The van der Waals surface area contributed by atoms with E-state index in [4.69, 9.17) is 4.52 Å². The van der Waals surface area contributed by atoms with Crippen molar-refractivity contribution in [1.29, 1.82) is 0 Å². The van der Waals surface area contributed by atoms with Gasteiger partial charge < -0.3 is 14.0 Å². The molecule has 0 N–H and O–H groups in total. The minimum atomic E-state index is -4.56. The number of benzene rings is 1. The van der Waals surface area contributed by atoms with Crippen molar-refractivity contribution in [2.24, 2.45) is 0 Å². The van der Waals surface area contributed by atoms with Crippen LogP contribution >= 0.6 is 0 Å². The number of fused-ring (bicyclic) bond motifs is 1. The van der Waals surface area contributed by atoms with Crippen molar-refractivity contribution in [3.8, 4) is 11.3 Å². The van der Waals surface area contributed by atoms with Crippen LogP contribution in [-0.4, -0.2) is 38.6 Å². The summed E-state index contributed by atoms with van der Waals surface area (Å²) in [5.41, 5.74) is -0.131. The summed E-state index contributed by atoms with van der Waals surface area (Å²) in [4.78, 5) is 19.5. The highest BCUT2D eigenvalue weighted by Crippen LogP contribution is 2.38. The number of halogens is 3. The molecule has 0 spiro atoms. The number of hydrogen-bond donors (Lipinski definition) is 0. The number of carbonyl (C=O) groups is 1. The van der Waals surface area contributed by atoms with Gasteiger partial charge in [-0.2, -0.15) is 13.2 Å². The fourth-order valence-electron chi connectivity index (χ4n) is 4.48. The number of likely N-dealkylation sites (tertiary alicyclic amines) is 1. The number of pyridine rings is 1. The Morgan fingerprint density at radius 2 is 1.79 bits per heavy atom. The summed E-state index contributed by atoms with van der Waals surface area (Å²) < 4.78 is 48.2. The molecule has 1 amide bonds. The van der Waals surface area contributed by atoms with Crippen LogP contribution in [0.4, 0.5) is 13.2 Å². The first kappa shape index (κ1) is 21.2. The minimum Gasteiger partial charge on any atom is -0.351 e. The largest absolute Gasteiger partial charge is 0.417 e. The van der Waals surface area contributed by atoms with Crippen molar-refractivity contribution in [3.05, 3.63) is 71.7 Å². The van der Waals surface area contributed by atoms with Crippen LogP contribution in [0.3, 0.4) is 0 Å². The molecule has 1 aliphatic heterocycles. The Bertz CT molecular complexity index is 1300. The summed E-state index contributed by atoms with van der Waals surface area (Å²) in [7, 11) is 0. The first-order chi connectivity index (χ1) is 15.8. The lowest BCUT2D eigenvalue weighted by Crippen LogP contribution is -2.39. The Hall–Kier alpha value is -3.62. The number of aryl methyl sites for hydroxylation is 1. The lowest BCUT2D eigenvalue weighted by Gasteiger charge is -2.33. The third-order valence-electron chi connectivity index (χ3n) is 6.16. The minimum absolute atomic E-state index is 0.0251. The smallest absolute Gasteiger partial charge is 0.351 e. The highest BCUT2D eigenvalue weighted by molar-refractivity contribution is 6.07. The summed E-state index contributed by atoms with van der Waals surface area (Å²) in [6.07, 6.45) is 1.05. The zero-order valence-corrected chi connectivity index (χ0v) is 17.8. The molecule has 0 bridgehead atoms. The number of hydrogen-bond acceptors (Lipinski definition) is 4. The van der Waals surface area contributed by atoms with Crippen LogP contribution in [0, 0.1) is 6.92 Å². The van der Waals surface area contributed by atoms with Crippen molar-refractivity contribution in [2.75, 3.05) is 13.1 Å². The van der Waals surface area contributed by atoms with Crippen molar-refractivity contribution >= 4 is 17.0 Å². The van der Waals surface area contributed by atoms with Gasteiger partial charge in [0.25, 0.3) is 11.6 Å². The lowest BCUT2D eigenvalue weighted by molar-refractivity contribution is -0.137. The van der Waals surface area contributed by atoms with Gasteiger partial charge in [-0.25, -0.2) is 4.98 Å². The van der Waals surface area contributed by atoms with E-state index in [-0.39, 0.29) is 28.4 Å². The molecular weight excluding hydrogens is 433 g/mol. The average molecular weight is 454 g/mol. The molecule has 6 nitrogen and oxygen atoms in total. The van der Waals surface area contributed by atoms with Gasteiger partial charge in [-0.1, -0.05) is 23.4 Å². The molecule has 4 aromatic rings. The molecule has 4 heterocycles. The van der Waals surface area contributed by atoms with E-state index in [1.165, 1.54) is 24.3 Å². The van der Waals surface area contributed by atoms with Gasteiger partial charge in [0, 0.05) is 37.1 Å². The number of rotatable bonds is 3. The van der Waals surface area contributed by atoms with Gasteiger partial charge in [0.1, 0.15) is 0 Å². The molecule has 5 rings (SSSR count). The molecule has 1 aliphatic rings. The fourth-order valence-corrected chi connectivity index (χ4v) is 4.48. The molecule has 1 aromatic carbocycles. The van der Waals surface area contributed by atoms with Gasteiger partial charge in [-0.05, 0) is 44.0 Å². The zero-order valence-electron chi connectivity index (χ0n) is 17.8. The number of alkyl halides is 3. The fraction of sp³-hybridized carbons (Fsp3) is 0.292. The third kappa shape index (κ3) is 3.88. The molecule has 0 unspecified atom stereocenters. The van der Waals surface area contributed by atoms with E-state index in [1.807, 2.05) is 24.5 Å². The third-order valence-corrected chi connectivity index (χ3v) is 6.16. The second-order valence-corrected chi connectivity index (χ2v) is 8.20. The highest BCUT2D eigenvalue weighted by atomic mass is 19.4. The van der Waals surface area contributed by atoms with E-state index in [1.54, 1.807) is 11.8 Å². The van der Waals surface area contributed by atoms with Crippen LogP contribution in [-0.2, 0) is 6.18 Å². The SMILES string of the molecule is Cc1noc2nc(-c3ccccc3C(F)(F)F)cc(C(=O)N3CCC(n4cccc4)CC3)c12. The maximum absolute atomic E-state index is 13.6. The quantitative estimate of drug-likeness (QED) is 0.410. The van der Waals surface area contributed by atoms with Crippen LogP contribution in [0.2, 0.25) is 0 Å². The summed E-state index contributed by atoms with van der Waals surface area (Å²) in [6, 6.07) is 10.9. The molecule has 0 atom stereocenters. The molecule has 0 radical (unpaired) electrons. The van der Waals surface area contributed by atoms with Crippen molar-refractivity contribution in [1.82, 2.24) is 19.6 Å². The van der Waals surface area contributed by atoms with E-state index in [0.29, 0.717) is 30.2 Å². The Balaban J connectivity index is 1.53. The number of carbonyl (C=O) groups excluding carboxylic acids is 1.